The number of rotatable bonds is 10. The van der Waals surface area contributed by atoms with Gasteiger partial charge in [-0.15, -0.1) is 0 Å². The van der Waals surface area contributed by atoms with E-state index >= 15 is 0 Å². The van der Waals surface area contributed by atoms with Gasteiger partial charge < -0.3 is 14.8 Å². The summed E-state index contributed by atoms with van der Waals surface area (Å²) in [5, 5.41) is 2.87. The number of carbonyl (C=O) groups is 2. The third-order valence-corrected chi connectivity index (χ3v) is 6.57. The number of benzene rings is 2. The summed E-state index contributed by atoms with van der Waals surface area (Å²) in [6.45, 7) is 7.14. The van der Waals surface area contributed by atoms with Crippen LogP contribution in [0.15, 0.2) is 48.5 Å². The van der Waals surface area contributed by atoms with Crippen LogP contribution >= 0.6 is 0 Å². The van der Waals surface area contributed by atoms with Gasteiger partial charge in [0.05, 0.1) is 12.2 Å². The first-order valence-electron chi connectivity index (χ1n) is 12.2. The van der Waals surface area contributed by atoms with Crippen LogP contribution in [-0.2, 0) is 14.9 Å². The van der Waals surface area contributed by atoms with Gasteiger partial charge in [0.25, 0.3) is 0 Å². The highest BCUT2D eigenvalue weighted by Crippen LogP contribution is 2.28. The van der Waals surface area contributed by atoms with E-state index in [-0.39, 0.29) is 23.4 Å². The molecule has 0 unspecified atom stereocenters. The van der Waals surface area contributed by atoms with E-state index < -0.39 is 0 Å². The van der Waals surface area contributed by atoms with Crippen molar-refractivity contribution < 1.29 is 19.1 Å². The van der Waals surface area contributed by atoms with Crippen molar-refractivity contribution in [3.63, 3.8) is 0 Å². The first kappa shape index (κ1) is 24.8. The van der Waals surface area contributed by atoms with Crippen LogP contribution in [0.1, 0.15) is 88.1 Å². The fraction of sp³-hybridized carbons (Fsp3) is 0.500. The summed E-state index contributed by atoms with van der Waals surface area (Å²) >= 11 is 0. The van der Waals surface area contributed by atoms with Crippen molar-refractivity contribution >= 4 is 17.6 Å². The number of carbonyl (C=O) groups excluding carboxylic acids is 2. The molecule has 0 saturated heterocycles. The summed E-state index contributed by atoms with van der Waals surface area (Å²) in [6.07, 6.45) is 7.47. The van der Waals surface area contributed by atoms with Crippen molar-refractivity contribution in [3.8, 4) is 5.75 Å². The monoisotopic (exact) mass is 451 g/mol. The molecule has 0 aliphatic heterocycles. The molecule has 1 aliphatic rings. The summed E-state index contributed by atoms with van der Waals surface area (Å²) in [5.74, 6) is 0.459. The van der Waals surface area contributed by atoms with E-state index in [2.05, 4.69) is 38.2 Å². The minimum absolute atomic E-state index is 0.0361. The predicted molar refractivity (Wildman–Crippen MR) is 132 cm³/mol. The lowest BCUT2D eigenvalue weighted by atomic mass is 9.82. The highest BCUT2D eigenvalue weighted by Gasteiger charge is 2.19. The van der Waals surface area contributed by atoms with Crippen LogP contribution in [0, 0.1) is 0 Å². The number of anilines is 1. The van der Waals surface area contributed by atoms with Crippen molar-refractivity contribution in [2.24, 2.45) is 0 Å². The Morgan fingerprint density at radius 2 is 1.64 bits per heavy atom. The highest BCUT2D eigenvalue weighted by atomic mass is 16.5. The Labute approximate surface area is 197 Å². The summed E-state index contributed by atoms with van der Waals surface area (Å²) in [7, 11) is 0. The van der Waals surface area contributed by atoms with E-state index in [1.54, 1.807) is 24.3 Å². The van der Waals surface area contributed by atoms with Gasteiger partial charge in [0.15, 0.2) is 0 Å². The number of ether oxygens (including phenoxy) is 2. The molecule has 5 heteroatoms. The minimum Gasteiger partial charge on any atom is -0.494 e. The summed E-state index contributed by atoms with van der Waals surface area (Å²) in [4.78, 5) is 24.5. The van der Waals surface area contributed by atoms with Crippen LogP contribution in [-0.4, -0.2) is 24.6 Å². The average Bonchev–Trinajstić information content (AvgIpc) is 2.83. The molecule has 178 valence electrons. The molecule has 2 aromatic rings. The van der Waals surface area contributed by atoms with Gasteiger partial charge in [0.2, 0.25) is 5.91 Å². The van der Waals surface area contributed by atoms with Crippen LogP contribution < -0.4 is 10.1 Å². The molecule has 1 saturated carbocycles. The predicted octanol–water partition coefficient (Wildman–Crippen LogP) is 6.66. The Hall–Kier alpha value is -2.82. The van der Waals surface area contributed by atoms with Crippen LogP contribution in [0.5, 0.6) is 5.75 Å². The molecule has 33 heavy (non-hydrogen) atoms. The second-order valence-corrected chi connectivity index (χ2v) is 9.50. The lowest BCUT2D eigenvalue weighted by Gasteiger charge is -2.23. The van der Waals surface area contributed by atoms with E-state index in [0.29, 0.717) is 30.7 Å². The molecular formula is C28H37NO4. The third-order valence-electron chi connectivity index (χ3n) is 6.57. The van der Waals surface area contributed by atoms with Gasteiger partial charge in [-0.25, -0.2) is 4.79 Å². The summed E-state index contributed by atoms with van der Waals surface area (Å²) in [6, 6.07) is 15.1. The van der Waals surface area contributed by atoms with Gasteiger partial charge in [0, 0.05) is 12.1 Å². The molecule has 1 N–H and O–H groups in total. The number of nitrogens with one attached hydrogen (secondary N) is 1. The number of amides is 1. The Morgan fingerprint density at radius 3 is 2.27 bits per heavy atom. The molecule has 1 amide bonds. The molecule has 0 radical (unpaired) electrons. The molecule has 0 bridgehead atoms. The van der Waals surface area contributed by atoms with Crippen LogP contribution in [0.25, 0.3) is 0 Å². The zero-order valence-corrected chi connectivity index (χ0v) is 20.2. The van der Waals surface area contributed by atoms with Crippen molar-refractivity contribution in [1.29, 1.82) is 0 Å². The molecule has 0 atom stereocenters. The molecule has 5 nitrogen and oxygen atoms in total. The van der Waals surface area contributed by atoms with Gasteiger partial charge in [-0.3, -0.25) is 4.79 Å². The van der Waals surface area contributed by atoms with E-state index in [0.717, 1.165) is 37.9 Å². The Balaban J connectivity index is 1.37. The van der Waals surface area contributed by atoms with E-state index in [1.807, 2.05) is 12.1 Å². The largest absolute Gasteiger partial charge is 0.494 e. The molecule has 1 aliphatic carbocycles. The smallest absolute Gasteiger partial charge is 0.338 e. The fourth-order valence-corrected chi connectivity index (χ4v) is 3.94. The zero-order valence-electron chi connectivity index (χ0n) is 20.2. The van der Waals surface area contributed by atoms with Crippen molar-refractivity contribution in [2.45, 2.75) is 83.7 Å². The topological polar surface area (TPSA) is 64.6 Å². The van der Waals surface area contributed by atoms with Gasteiger partial charge in [-0.1, -0.05) is 39.3 Å². The summed E-state index contributed by atoms with van der Waals surface area (Å²) in [5.41, 5.74) is 2.64. The van der Waals surface area contributed by atoms with Crippen LogP contribution in [0.3, 0.4) is 0 Å². The lowest BCUT2D eigenvalue weighted by molar-refractivity contribution is -0.116. The second-order valence-electron chi connectivity index (χ2n) is 9.50. The molecule has 2 aromatic carbocycles. The molecule has 0 aromatic heterocycles. The van der Waals surface area contributed by atoms with Gasteiger partial charge in [-0.2, -0.15) is 0 Å². The normalized spacial score (nSPS) is 14.5. The van der Waals surface area contributed by atoms with E-state index in [1.165, 1.54) is 12.0 Å². The standard InChI is InChI=1S/C28H37NO4/c1-4-28(2,3)22-14-18-24(19-15-22)32-20-8-11-26(30)29-23-16-12-21(13-17-23)27(31)33-25-9-6-5-7-10-25/h12-19,25H,4-11,20H2,1-3H3,(H,29,30). The minimum atomic E-state index is -0.289. The third kappa shape index (κ3) is 7.62. The molecular weight excluding hydrogens is 414 g/mol. The van der Waals surface area contributed by atoms with Crippen LogP contribution in [0.4, 0.5) is 5.69 Å². The first-order valence-corrected chi connectivity index (χ1v) is 12.2. The maximum absolute atomic E-state index is 12.3. The number of hydrogen-bond donors (Lipinski definition) is 1. The summed E-state index contributed by atoms with van der Waals surface area (Å²) < 4.78 is 11.4. The van der Waals surface area contributed by atoms with Gasteiger partial charge >= 0.3 is 5.97 Å². The molecule has 0 heterocycles. The quantitative estimate of drug-likeness (QED) is 0.324. The maximum atomic E-state index is 12.3. The SMILES string of the molecule is CCC(C)(C)c1ccc(OCCCC(=O)Nc2ccc(C(=O)OC3CCCCC3)cc2)cc1. The molecule has 3 rings (SSSR count). The van der Waals surface area contributed by atoms with Gasteiger partial charge in [-0.05, 0) is 85.9 Å². The highest BCUT2D eigenvalue weighted by molar-refractivity contribution is 5.93. The average molecular weight is 452 g/mol. The van der Waals surface area contributed by atoms with Gasteiger partial charge in [0.1, 0.15) is 11.9 Å². The molecule has 0 spiro atoms. The Bertz CT molecular complexity index is 896. The van der Waals surface area contributed by atoms with Crippen molar-refractivity contribution in [2.75, 3.05) is 11.9 Å². The second kappa shape index (κ2) is 11.9. The lowest BCUT2D eigenvalue weighted by Crippen LogP contribution is -2.21. The molecule has 1 fully saturated rings. The van der Waals surface area contributed by atoms with Crippen molar-refractivity contribution in [1.82, 2.24) is 0 Å². The fourth-order valence-electron chi connectivity index (χ4n) is 3.94. The van der Waals surface area contributed by atoms with Crippen molar-refractivity contribution in [3.05, 3.63) is 59.7 Å². The maximum Gasteiger partial charge on any atom is 0.338 e. The van der Waals surface area contributed by atoms with E-state index in [4.69, 9.17) is 9.47 Å². The Morgan fingerprint density at radius 1 is 0.970 bits per heavy atom. The Kier molecular flexibility index (Phi) is 8.93. The van der Waals surface area contributed by atoms with Crippen LogP contribution in [0.2, 0.25) is 0 Å². The number of hydrogen-bond acceptors (Lipinski definition) is 4. The zero-order chi connectivity index (χ0) is 23.7. The van der Waals surface area contributed by atoms with E-state index in [9.17, 15) is 9.59 Å². The first-order chi connectivity index (χ1) is 15.9. The number of esters is 1.